The zero-order chi connectivity index (χ0) is 25.9. The number of rotatable bonds is 8. The van der Waals surface area contributed by atoms with Crippen LogP contribution in [0.4, 0.5) is 10.1 Å². The Bertz CT molecular complexity index is 1090. The molecule has 2 aliphatic rings. The van der Waals surface area contributed by atoms with Crippen LogP contribution in [0.15, 0.2) is 48.5 Å². The van der Waals surface area contributed by atoms with Gasteiger partial charge in [-0.25, -0.2) is 9.18 Å². The van der Waals surface area contributed by atoms with Gasteiger partial charge in [-0.15, -0.1) is 0 Å². The molecule has 0 aromatic heterocycles. The van der Waals surface area contributed by atoms with Gasteiger partial charge in [-0.3, -0.25) is 14.5 Å². The molecule has 8 heteroatoms. The van der Waals surface area contributed by atoms with Crippen LogP contribution in [0.5, 0.6) is 0 Å². The highest BCUT2D eigenvalue weighted by atomic mass is 19.1. The van der Waals surface area contributed by atoms with E-state index in [1.807, 2.05) is 4.90 Å². The van der Waals surface area contributed by atoms with Crippen LogP contribution < -0.4 is 5.32 Å². The van der Waals surface area contributed by atoms with Crippen molar-refractivity contribution in [3.05, 3.63) is 65.5 Å². The van der Waals surface area contributed by atoms with Crippen molar-refractivity contribution < 1.29 is 23.9 Å². The van der Waals surface area contributed by atoms with Crippen LogP contribution in [-0.4, -0.2) is 64.9 Å². The third-order valence-corrected chi connectivity index (χ3v) is 7.32. The molecule has 0 radical (unpaired) electrons. The molecule has 2 saturated heterocycles. The first kappa shape index (κ1) is 25.8. The van der Waals surface area contributed by atoms with E-state index in [1.165, 1.54) is 24.3 Å². The number of carboxylic acids is 1. The maximum absolute atomic E-state index is 13.6. The fourth-order valence-corrected chi connectivity index (χ4v) is 5.48. The van der Waals surface area contributed by atoms with Crippen molar-refractivity contribution in [3.8, 4) is 0 Å². The molecule has 0 saturated carbocycles. The van der Waals surface area contributed by atoms with E-state index in [0.717, 1.165) is 12.0 Å². The Morgan fingerprint density at radius 1 is 1.08 bits per heavy atom. The maximum Gasteiger partial charge on any atom is 0.335 e. The van der Waals surface area contributed by atoms with Crippen molar-refractivity contribution in [2.75, 3.05) is 31.5 Å². The van der Waals surface area contributed by atoms with Crippen LogP contribution in [0.2, 0.25) is 0 Å². The molecule has 1 spiro atoms. The number of anilines is 1. The molecule has 0 bridgehead atoms. The van der Waals surface area contributed by atoms with Crippen molar-refractivity contribution in [1.29, 1.82) is 0 Å². The van der Waals surface area contributed by atoms with Crippen LogP contribution in [0, 0.1) is 17.2 Å². The SMILES string of the molecule is CC(C)CN1C(=O)C2(CCN(CC(=O)Nc3ccc(C(=O)O)cc3)CC2)C[C@H]1Cc1ccc(F)cc1. The number of carbonyl (C=O) groups excluding carboxylic acids is 2. The van der Waals surface area contributed by atoms with Crippen molar-refractivity contribution >= 4 is 23.5 Å². The highest BCUT2D eigenvalue weighted by Crippen LogP contribution is 2.45. The Balaban J connectivity index is 1.36. The zero-order valence-electron chi connectivity index (χ0n) is 20.9. The number of benzene rings is 2. The number of aromatic carboxylic acids is 1. The molecule has 2 fully saturated rings. The standard InChI is InChI=1S/C28H34FN3O4/c1-19(2)17-32-24(15-20-3-7-22(29)8-4-20)16-28(27(32)36)11-13-31(14-12-28)18-25(33)30-23-9-5-21(6-10-23)26(34)35/h3-10,19,24H,11-18H2,1-2H3,(H,30,33)(H,34,35)/t24-/m1/s1. The minimum absolute atomic E-state index is 0.0917. The van der Waals surface area contributed by atoms with E-state index in [2.05, 4.69) is 24.1 Å². The summed E-state index contributed by atoms with van der Waals surface area (Å²) < 4.78 is 13.4. The average Bonchev–Trinajstić information content (AvgIpc) is 3.07. The minimum Gasteiger partial charge on any atom is -0.478 e. The largest absolute Gasteiger partial charge is 0.478 e. The lowest BCUT2D eigenvalue weighted by Gasteiger charge is -2.37. The first-order chi connectivity index (χ1) is 17.1. The summed E-state index contributed by atoms with van der Waals surface area (Å²) in [6, 6.07) is 12.7. The van der Waals surface area contributed by atoms with Gasteiger partial charge in [-0.05, 0) is 86.7 Å². The fourth-order valence-electron chi connectivity index (χ4n) is 5.48. The van der Waals surface area contributed by atoms with Crippen LogP contribution >= 0.6 is 0 Å². The summed E-state index contributed by atoms with van der Waals surface area (Å²) in [5.74, 6) is -0.865. The van der Waals surface area contributed by atoms with Crippen LogP contribution in [0.25, 0.3) is 0 Å². The van der Waals surface area contributed by atoms with Gasteiger partial charge in [0.25, 0.3) is 0 Å². The lowest BCUT2D eigenvalue weighted by atomic mass is 9.75. The second-order valence-corrected chi connectivity index (χ2v) is 10.5. The Labute approximate surface area is 211 Å². The molecule has 2 amide bonds. The smallest absolute Gasteiger partial charge is 0.335 e. The fraction of sp³-hybridized carbons (Fsp3) is 0.464. The molecule has 0 aliphatic carbocycles. The van der Waals surface area contributed by atoms with E-state index in [1.54, 1.807) is 24.3 Å². The lowest BCUT2D eigenvalue weighted by Crippen LogP contribution is -2.47. The molecule has 192 valence electrons. The van der Waals surface area contributed by atoms with Crippen LogP contribution in [0.1, 0.15) is 49.0 Å². The van der Waals surface area contributed by atoms with Gasteiger partial charge in [0.1, 0.15) is 5.82 Å². The summed E-state index contributed by atoms with van der Waals surface area (Å²) in [5, 5.41) is 11.8. The Morgan fingerprint density at radius 3 is 2.31 bits per heavy atom. The Morgan fingerprint density at radius 2 is 1.72 bits per heavy atom. The van der Waals surface area contributed by atoms with Crippen molar-refractivity contribution in [2.45, 2.75) is 45.6 Å². The predicted molar refractivity (Wildman–Crippen MR) is 135 cm³/mol. The predicted octanol–water partition coefficient (Wildman–Crippen LogP) is 4.04. The second-order valence-electron chi connectivity index (χ2n) is 10.5. The topological polar surface area (TPSA) is 90.0 Å². The monoisotopic (exact) mass is 495 g/mol. The highest BCUT2D eigenvalue weighted by Gasteiger charge is 2.52. The highest BCUT2D eigenvalue weighted by molar-refractivity contribution is 5.93. The molecule has 2 aromatic carbocycles. The maximum atomic E-state index is 13.6. The van der Waals surface area contributed by atoms with E-state index < -0.39 is 11.4 Å². The quantitative estimate of drug-likeness (QED) is 0.577. The van der Waals surface area contributed by atoms with Crippen molar-refractivity contribution in [3.63, 3.8) is 0 Å². The molecule has 36 heavy (non-hydrogen) atoms. The summed E-state index contributed by atoms with van der Waals surface area (Å²) in [6.07, 6.45) is 2.92. The van der Waals surface area contributed by atoms with Crippen LogP contribution in [-0.2, 0) is 16.0 Å². The first-order valence-corrected chi connectivity index (χ1v) is 12.6. The second kappa shape index (κ2) is 10.8. The summed E-state index contributed by atoms with van der Waals surface area (Å²) in [6.45, 7) is 6.48. The molecule has 1 atom stereocenters. The molecule has 2 aromatic rings. The number of likely N-dealkylation sites (tertiary alicyclic amines) is 2. The molecule has 2 heterocycles. The van der Waals surface area contributed by atoms with Gasteiger partial charge in [0.15, 0.2) is 0 Å². The van der Waals surface area contributed by atoms with Gasteiger partial charge in [-0.1, -0.05) is 26.0 Å². The average molecular weight is 496 g/mol. The van der Waals surface area contributed by atoms with E-state index in [4.69, 9.17) is 5.11 Å². The summed E-state index contributed by atoms with van der Waals surface area (Å²) in [5.41, 5.74) is 1.35. The number of carbonyl (C=O) groups is 3. The van der Waals surface area contributed by atoms with Crippen molar-refractivity contribution in [2.24, 2.45) is 11.3 Å². The Kier molecular flexibility index (Phi) is 7.73. The van der Waals surface area contributed by atoms with Gasteiger partial charge in [0.05, 0.1) is 17.5 Å². The number of carboxylic acid groups (broad SMARTS) is 1. The molecule has 4 rings (SSSR count). The molecule has 7 nitrogen and oxygen atoms in total. The Hall–Kier alpha value is -3.26. The number of nitrogens with zero attached hydrogens (tertiary/aromatic N) is 2. The van der Waals surface area contributed by atoms with Crippen LogP contribution in [0.3, 0.4) is 0 Å². The molecule has 0 unspecified atom stereocenters. The summed E-state index contributed by atoms with van der Waals surface area (Å²) >= 11 is 0. The molecular weight excluding hydrogens is 461 g/mol. The van der Waals surface area contributed by atoms with Gasteiger partial charge < -0.3 is 15.3 Å². The number of amides is 2. The van der Waals surface area contributed by atoms with E-state index in [0.29, 0.717) is 50.5 Å². The minimum atomic E-state index is -1.01. The molecule has 2 N–H and O–H groups in total. The third kappa shape index (κ3) is 5.93. The lowest BCUT2D eigenvalue weighted by molar-refractivity contribution is -0.139. The summed E-state index contributed by atoms with van der Waals surface area (Å²) in [4.78, 5) is 41.3. The number of halogens is 1. The van der Waals surface area contributed by atoms with Gasteiger partial charge in [0, 0.05) is 18.3 Å². The summed E-state index contributed by atoms with van der Waals surface area (Å²) in [7, 11) is 0. The van der Waals surface area contributed by atoms with E-state index >= 15 is 0 Å². The normalized spacial score (nSPS) is 19.7. The first-order valence-electron chi connectivity index (χ1n) is 12.6. The third-order valence-electron chi connectivity index (χ3n) is 7.32. The molecular formula is C28H34FN3O4. The zero-order valence-corrected chi connectivity index (χ0v) is 20.9. The molecule has 2 aliphatic heterocycles. The van der Waals surface area contributed by atoms with E-state index in [9.17, 15) is 18.8 Å². The van der Waals surface area contributed by atoms with Gasteiger partial charge in [-0.2, -0.15) is 0 Å². The number of piperidine rings is 1. The van der Waals surface area contributed by atoms with Crippen molar-refractivity contribution in [1.82, 2.24) is 9.80 Å². The number of hydrogen-bond donors (Lipinski definition) is 2. The van der Waals surface area contributed by atoms with E-state index in [-0.39, 0.29) is 35.8 Å². The van der Waals surface area contributed by atoms with Gasteiger partial charge in [0.2, 0.25) is 11.8 Å². The number of hydrogen-bond acceptors (Lipinski definition) is 4. The number of nitrogens with one attached hydrogen (secondary N) is 1. The van der Waals surface area contributed by atoms with Gasteiger partial charge >= 0.3 is 5.97 Å².